The zero-order valence-corrected chi connectivity index (χ0v) is 58.6. The number of esters is 2. The van der Waals surface area contributed by atoms with E-state index in [1.165, 1.54) is 199 Å². The van der Waals surface area contributed by atoms with Crippen molar-refractivity contribution in [1.82, 2.24) is 0 Å². The number of carboxylic acids is 1. The standard InChI is InChI=1S/C80H139NO8/c1-6-8-10-12-14-16-18-20-22-24-26-28-30-32-34-36-37-38-39-40-41-43-44-46-48-50-52-54-56-58-60-62-64-66-68-70-77(82)87-74-76(75-88-80(79(84)85)86-73-72-81(3,4)5)89-78(83)71-69-67-65-63-61-59-57-55-53-51-49-47-45-42-35-33-31-29-27-25-23-21-19-17-15-13-11-9-7-2/h8-11,14-17,20-23,26-29,33,35,76,80H,6-7,12-13,18-19,24-25,30-32,34,36-75H2,1-5H3/p+1/b10-8-,11-9-,16-14-,17-15-,22-20-,23-21-,28-26-,29-27-,35-33-. The van der Waals surface area contributed by atoms with E-state index in [9.17, 15) is 19.5 Å². The summed E-state index contributed by atoms with van der Waals surface area (Å²) in [7, 11) is 5.98. The van der Waals surface area contributed by atoms with Gasteiger partial charge >= 0.3 is 17.9 Å². The second-order valence-corrected chi connectivity index (χ2v) is 25.8. The van der Waals surface area contributed by atoms with Crippen molar-refractivity contribution in [2.45, 2.75) is 334 Å². The van der Waals surface area contributed by atoms with E-state index in [2.05, 4.69) is 123 Å². The largest absolute Gasteiger partial charge is 0.477 e. The number of aliphatic carboxylic acids is 1. The van der Waals surface area contributed by atoms with Crippen LogP contribution in [0.2, 0.25) is 0 Å². The third kappa shape index (κ3) is 71.3. The van der Waals surface area contributed by atoms with Crippen molar-refractivity contribution in [1.29, 1.82) is 0 Å². The lowest BCUT2D eigenvalue weighted by Gasteiger charge is -2.25. The highest BCUT2D eigenvalue weighted by Crippen LogP contribution is 2.18. The van der Waals surface area contributed by atoms with Gasteiger partial charge in [0.2, 0.25) is 0 Å². The molecule has 2 unspecified atom stereocenters. The molecule has 0 saturated heterocycles. The first-order valence-electron chi connectivity index (χ1n) is 37.1. The summed E-state index contributed by atoms with van der Waals surface area (Å²) < 4.78 is 23.0. The Morgan fingerprint density at radius 2 is 0.607 bits per heavy atom. The van der Waals surface area contributed by atoms with Crippen molar-refractivity contribution in [3.05, 3.63) is 109 Å². The maximum absolute atomic E-state index is 13.0. The molecule has 0 aromatic heterocycles. The molecule has 2 atom stereocenters. The van der Waals surface area contributed by atoms with Crippen molar-refractivity contribution in [3.63, 3.8) is 0 Å². The number of carbonyl (C=O) groups is 3. The van der Waals surface area contributed by atoms with Crippen LogP contribution in [0.15, 0.2) is 109 Å². The van der Waals surface area contributed by atoms with E-state index >= 15 is 0 Å². The van der Waals surface area contributed by atoms with Crippen LogP contribution in [0.5, 0.6) is 0 Å². The van der Waals surface area contributed by atoms with Crippen LogP contribution >= 0.6 is 0 Å². The summed E-state index contributed by atoms with van der Waals surface area (Å²) in [6.45, 7) is 4.68. The van der Waals surface area contributed by atoms with Gasteiger partial charge in [-0.1, -0.05) is 322 Å². The molecule has 89 heavy (non-hydrogen) atoms. The van der Waals surface area contributed by atoms with Crippen molar-refractivity contribution in [3.8, 4) is 0 Å². The van der Waals surface area contributed by atoms with Gasteiger partial charge in [-0.3, -0.25) is 9.59 Å². The number of nitrogens with zero attached hydrogens (tertiary/aromatic N) is 1. The molecule has 9 heteroatoms. The Bertz CT molecular complexity index is 1830. The Hall–Kier alpha value is -4.05. The summed E-state index contributed by atoms with van der Waals surface area (Å²) in [5.41, 5.74) is 0. The summed E-state index contributed by atoms with van der Waals surface area (Å²) in [5.74, 6) is -1.99. The van der Waals surface area contributed by atoms with Gasteiger partial charge in [0.1, 0.15) is 13.2 Å². The highest BCUT2D eigenvalue weighted by molar-refractivity contribution is 5.71. The van der Waals surface area contributed by atoms with E-state index in [1.807, 2.05) is 21.1 Å². The number of allylic oxidation sites excluding steroid dienone is 18. The number of rotatable bonds is 68. The third-order valence-electron chi connectivity index (χ3n) is 16.0. The lowest BCUT2D eigenvalue weighted by molar-refractivity contribution is -0.870. The minimum atomic E-state index is -1.51. The average Bonchev–Trinajstić information content (AvgIpc) is 3.71. The molecule has 0 amide bonds. The first-order valence-corrected chi connectivity index (χ1v) is 37.1. The van der Waals surface area contributed by atoms with Crippen LogP contribution in [0, 0.1) is 0 Å². The molecule has 9 nitrogen and oxygen atoms in total. The van der Waals surface area contributed by atoms with Gasteiger partial charge < -0.3 is 28.5 Å². The Morgan fingerprint density at radius 1 is 0.337 bits per heavy atom. The number of likely N-dealkylation sites (N-methyl/N-ethyl adjacent to an activating group) is 1. The van der Waals surface area contributed by atoms with E-state index in [1.54, 1.807) is 0 Å². The van der Waals surface area contributed by atoms with Gasteiger partial charge in [-0.05, 0) is 96.3 Å². The van der Waals surface area contributed by atoms with Crippen molar-refractivity contribution < 1.29 is 42.9 Å². The molecule has 0 aromatic carbocycles. The monoisotopic (exact) mass is 1240 g/mol. The molecule has 0 rings (SSSR count). The number of hydrogen-bond acceptors (Lipinski definition) is 7. The molecule has 0 aliphatic heterocycles. The molecule has 0 bridgehead atoms. The topological polar surface area (TPSA) is 108 Å². The smallest absolute Gasteiger partial charge is 0.361 e. The van der Waals surface area contributed by atoms with Crippen LogP contribution in [0.3, 0.4) is 0 Å². The molecule has 512 valence electrons. The molecular formula is C80H140NO8+. The molecule has 0 saturated carbocycles. The van der Waals surface area contributed by atoms with Crippen LogP contribution < -0.4 is 0 Å². The van der Waals surface area contributed by atoms with Crippen LogP contribution in [-0.4, -0.2) is 87.4 Å². The van der Waals surface area contributed by atoms with E-state index in [-0.39, 0.29) is 32.2 Å². The summed E-state index contributed by atoms with van der Waals surface area (Å²) in [5, 5.41) is 9.76. The lowest BCUT2D eigenvalue weighted by atomic mass is 10.0. The van der Waals surface area contributed by atoms with Crippen LogP contribution in [-0.2, 0) is 33.3 Å². The average molecular weight is 1240 g/mol. The first-order chi connectivity index (χ1) is 43.6. The fourth-order valence-electron chi connectivity index (χ4n) is 10.4. The predicted molar refractivity (Wildman–Crippen MR) is 382 cm³/mol. The van der Waals surface area contributed by atoms with Crippen molar-refractivity contribution in [2.75, 3.05) is 47.5 Å². The van der Waals surface area contributed by atoms with Gasteiger partial charge in [-0.25, -0.2) is 4.79 Å². The number of ether oxygens (including phenoxy) is 4. The van der Waals surface area contributed by atoms with Gasteiger partial charge in [0.25, 0.3) is 6.29 Å². The maximum atomic E-state index is 13.0. The number of hydrogen-bond donors (Lipinski definition) is 1. The fraction of sp³-hybridized carbons (Fsp3) is 0.738. The second-order valence-electron chi connectivity index (χ2n) is 25.8. The minimum absolute atomic E-state index is 0.183. The van der Waals surface area contributed by atoms with E-state index in [0.717, 1.165) is 96.3 Å². The molecule has 0 heterocycles. The van der Waals surface area contributed by atoms with Gasteiger partial charge in [-0.2, -0.15) is 0 Å². The van der Waals surface area contributed by atoms with Gasteiger partial charge in [0, 0.05) is 12.8 Å². The van der Waals surface area contributed by atoms with E-state index in [0.29, 0.717) is 17.4 Å². The molecule has 0 aliphatic rings. The molecule has 0 fully saturated rings. The lowest BCUT2D eigenvalue weighted by Crippen LogP contribution is -2.40. The van der Waals surface area contributed by atoms with Gasteiger partial charge in [-0.15, -0.1) is 0 Å². The molecule has 1 N–H and O–H groups in total. The Morgan fingerprint density at radius 3 is 0.899 bits per heavy atom. The van der Waals surface area contributed by atoms with Crippen LogP contribution in [0.25, 0.3) is 0 Å². The van der Waals surface area contributed by atoms with Gasteiger partial charge in [0.15, 0.2) is 6.10 Å². The highest BCUT2D eigenvalue weighted by Gasteiger charge is 2.25. The Labute approximate surface area is 549 Å². The molecule has 0 aromatic rings. The maximum Gasteiger partial charge on any atom is 0.361 e. The van der Waals surface area contributed by atoms with E-state index in [4.69, 9.17) is 18.9 Å². The minimum Gasteiger partial charge on any atom is -0.477 e. The SMILES string of the molecule is CC/C=C\C/C=C\C/C=C\C/C=C\C/C=C\CCCCCCCCCCCCCCCC(=O)OC(COC(=O)CCCCCCCCCCCCCCCCCCCCCCCC/C=C\C/C=C\C/C=C\C/C=C\CC)COC(OCC[N+](C)(C)C)C(=O)O. The normalized spacial score (nSPS) is 13.3. The number of unbranched alkanes of at least 4 members (excludes halogenated alkanes) is 35. The van der Waals surface area contributed by atoms with Crippen LogP contribution in [0.1, 0.15) is 322 Å². The predicted octanol–water partition coefficient (Wildman–Crippen LogP) is 23.4. The highest BCUT2D eigenvalue weighted by atomic mass is 16.7. The van der Waals surface area contributed by atoms with E-state index < -0.39 is 24.3 Å². The van der Waals surface area contributed by atoms with Gasteiger partial charge in [0.05, 0.1) is 34.4 Å². The zero-order valence-electron chi connectivity index (χ0n) is 58.6. The summed E-state index contributed by atoms with van der Waals surface area (Å²) in [6, 6.07) is 0. The zero-order chi connectivity index (χ0) is 64.7. The third-order valence-corrected chi connectivity index (χ3v) is 16.0. The second kappa shape index (κ2) is 69.8. The van der Waals surface area contributed by atoms with Crippen molar-refractivity contribution >= 4 is 17.9 Å². The number of quaternary nitrogens is 1. The summed E-state index contributed by atoms with van der Waals surface area (Å²) in [4.78, 5) is 37.7. The molecule has 0 spiro atoms. The molecular weight excluding hydrogens is 1100 g/mol. The Balaban J connectivity index is 4.05. The first kappa shape index (κ1) is 85.0. The summed E-state index contributed by atoms with van der Waals surface area (Å²) in [6.07, 6.45) is 95.0. The Kier molecular flexibility index (Phi) is 66.7. The number of carboxylic acid groups (broad SMARTS) is 1. The van der Waals surface area contributed by atoms with Crippen molar-refractivity contribution in [2.24, 2.45) is 0 Å². The fourth-order valence-corrected chi connectivity index (χ4v) is 10.4. The molecule has 0 radical (unpaired) electrons. The summed E-state index contributed by atoms with van der Waals surface area (Å²) >= 11 is 0. The number of carbonyl (C=O) groups excluding carboxylic acids is 2. The van der Waals surface area contributed by atoms with Crippen LogP contribution in [0.4, 0.5) is 0 Å². The molecule has 0 aliphatic carbocycles. The quantitative estimate of drug-likeness (QED) is 0.0211.